The Hall–Kier alpha value is -1.10. The van der Waals surface area contributed by atoms with Crippen LogP contribution in [0.3, 0.4) is 0 Å². The first-order chi connectivity index (χ1) is 10.7. The first-order valence-corrected chi connectivity index (χ1v) is 11.2. The van der Waals surface area contributed by atoms with Crippen LogP contribution in [0.15, 0.2) is 36.4 Å². The van der Waals surface area contributed by atoms with Gasteiger partial charge in [-0.25, -0.2) is 0 Å². The zero-order chi connectivity index (χ0) is 17.1. The van der Waals surface area contributed by atoms with Crippen LogP contribution in [0.25, 0.3) is 0 Å². The molecule has 0 fully saturated rings. The summed E-state index contributed by atoms with van der Waals surface area (Å²) in [7, 11) is -0.0494. The molecular formula is C19H30O3Si. The van der Waals surface area contributed by atoms with Crippen molar-refractivity contribution < 1.29 is 13.9 Å². The summed E-state index contributed by atoms with van der Waals surface area (Å²) >= 11 is 0. The average molecular weight is 335 g/mol. The Balaban J connectivity index is 1.95. The number of hydrogen-bond acceptors (Lipinski definition) is 3. The van der Waals surface area contributed by atoms with Crippen LogP contribution in [0.4, 0.5) is 0 Å². The quantitative estimate of drug-likeness (QED) is 0.553. The molecule has 1 aromatic carbocycles. The topological polar surface area (TPSA) is 27.7 Å². The van der Waals surface area contributed by atoms with Crippen LogP contribution in [-0.4, -0.2) is 28.1 Å². The Labute approximate surface area is 141 Å². The molecule has 0 unspecified atom stereocenters. The van der Waals surface area contributed by atoms with Crippen molar-refractivity contribution in [1.29, 1.82) is 0 Å². The molecule has 23 heavy (non-hydrogen) atoms. The van der Waals surface area contributed by atoms with Crippen LogP contribution in [0.5, 0.6) is 5.75 Å². The van der Waals surface area contributed by atoms with Gasteiger partial charge in [0.1, 0.15) is 5.75 Å². The predicted octanol–water partition coefficient (Wildman–Crippen LogP) is 5.10. The van der Waals surface area contributed by atoms with Gasteiger partial charge in [0.2, 0.25) is 0 Å². The normalized spacial score (nSPS) is 22.2. The third kappa shape index (κ3) is 4.69. The Morgan fingerprint density at radius 2 is 1.83 bits per heavy atom. The Morgan fingerprint density at radius 3 is 2.39 bits per heavy atom. The monoisotopic (exact) mass is 334 g/mol. The fraction of sp³-hybridized carbons (Fsp3) is 0.579. The van der Waals surface area contributed by atoms with E-state index in [1.54, 1.807) is 7.11 Å². The number of rotatable bonds is 5. The molecule has 0 saturated heterocycles. The van der Waals surface area contributed by atoms with Crippen LogP contribution < -0.4 is 4.74 Å². The van der Waals surface area contributed by atoms with Crippen LogP contribution in [0, 0.1) is 0 Å². The summed E-state index contributed by atoms with van der Waals surface area (Å²) in [5, 5.41) is 0.223. The molecule has 0 saturated carbocycles. The van der Waals surface area contributed by atoms with E-state index in [-0.39, 0.29) is 17.2 Å². The lowest BCUT2D eigenvalue weighted by atomic mass is 10.0. The van der Waals surface area contributed by atoms with Gasteiger partial charge in [0.05, 0.1) is 25.9 Å². The summed E-state index contributed by atoms with van der Waals surface area (Å²) in [4.78, 5) is 0. The molecule has 0 N–H and O–H groups in total. The summed E-state index contributed by atoms with van der Waals surface area (Å²) in [5.74, 6) is 0.873. The highest BCUT2D eigenvalue weighted by atomic mass is 28.4. The van der Waals surface area contributed by atoms with Crippen LogP contribution in [-0.2, 0) is 9.16 Å². The van der Waals surface area contributed by atoms with Crippen molar-refractivity contribution in [2.24, 2.45) is 0 Å². The highest BCUT2D eigenvalue weighted by Gasteiger charge is 2.37. The second-order valence-electron chi connectivity index (χ2n) is 7.67. The number of methoxy groups -OCH3 is 1. The van der Waals surface area contributed by atoms with Gasteiger partial charge < -0.3 is 13.9 Å². The second kappa shape index (κ2) is 7.20. The predicted molar refractivity (Wildman–Crippen MR) is 97.5 cm³/mol. The van der Waals surface area contributed by atoms with Gasteiger partial charge in [-0.15, -0.1) is 0 Å². The maximum absolute atomic E-state index is 6.30. The third-order valence-corrected chi connectivity index (χ3v) is 9.44. The molecule has 1 aliphatic heterocycles. The SMILES string of the molecule is COc1ccc([C@H]2CC=C[C@H](CO[Si](C)(C)C(C)(C)C)O2)cc1. The van der Waals surface area contributed by atoms with Crippen molar-refractivity contribution in [1.82, 2.24) is 0 Å². The van der Waals surface area contributed by atoms with E-state index < -0.39 is 8.32 Å². The lowest BCUT2D eigenvalue weighted by molar-refractivity contribution is -0.0191. The van der Waals surface area contributed by atoms with Crippen LogP contribution in [0.2, 0.25) is 18.1 Å². The van der Waals surface area contributed by atoms with Gasteiger partial charge in [0.25, 0.3) is 0 Å². The molecule has 4 heteroatoms. The Kier molecular flexibility index (Phi) is 5.71. The van der Waals surface area contributed by atoms with Gasteiger partial charge >= 0.3 is 0 Å². The third-order valence-electron chi connectivity index (χ3n) is 4.94. The maximum Gasteiger partial charge on any atom is 0.192 e. The summed E-state index contributed by atoms with van der Waals surface area (Å²) in [5.41, 5.74) is 1.19. The van der Waals surface area contributed by atoms with E-state index >= 15 is 0 Å². The molecular weight excluding hydrogens is 304 g/mol. The van der Waals surface area contributed by atoms with Crippen molar-refractivity contribution in [2.45, 2.75) is 57.5 Å². The van der Waals surface area contributed by atoms with E-state index in [1.807, 2.05) is 12.1 Å². The largest absolute Gasteiger partial charge is 0.497 e. The van der Waals surface area contributed by atoms with Gasteiger partial charge in [-0.3, -0.25) is 0 Å². The molecule has 1 aromatic rings. The van der Waals surface area contributed by atoms with Crippen LogP contribution >= 0.6 is 0 Å². The zero-order valence-corrected chi connectivity index (χ0v) is 16.3. The summed E-state index contributed by atoms with van der Waals surface area (Å²) in [6.07, 6.45) is 5.37. The summed E-state index contributed by atoms with van der Waals surface area (Å²) in [6, 6.07) is 8.12. The van der Waals surface area contributed by atoms with Crippen molar-refractivity contribution in [3.05, 3.63) is 42.0 Å². The summed E-state index contributed by atoms with van der Waals surface area (Å²) in [6.45, 7) is 12.0. The average Bonchev–Trinajstić information content (AvgIpc) is 2.52. The molecule has 0 spiro atoms. The molecule has 0 amide bonds. The lowest BCUT2D eigenvalue weighted by Crippen LogP contribution is -2.43. The van der Waals surface area contributed by atoms with Crippen LogP contribution in [0.1, 0.15) is 38.9 Å². The first kappa shape index (κ1) is 18.2. The van der Waals surface area contributed by atoms with E-state index in [4.69, 9.17) is 13.9 Å². The maximum atomic E-state index is 6.30. The Bertz CT molecular complexity index is 529. The minimum atomic E-state index is -1.73. The molecule has 0 aliphatic carbocycles. The molecule has 2 rings (SSSR count). The van der Waals surface area contributed by atoms with Gasteiger partial charge in [-0.2, -0.15) is 0 Å². The molecule has 128 valence electrons. The molecule has 1 heterocycles. The minimum absolute atomic E-state index is 0.0324. The van der Waals surface area contributed by atoms with Gasteiger partial charge in [0, 0.05) is 0 Å². The van der Waals surface area contributed by atoms with E-state index in [9.17, 15) is 0 Å². The fourth-order valence-electron chi connectivity index (χ4n) is 2.30. The van der Waals surface area contributed by atoms with E-state index in [0.29, 0.717) is 6.61 Å². The van der Waals surface area contributed by atoms with Crippen molar-refractivity contribution in [2.75, 3.05) is 13.7 Å². The first-order valence-electron chi connectivity index (χ1n) is 8.33. The minimum Gasteiger partial charge on any atom is -0.497 e. The molecule has 1 aliphatic rings. The molecule has 2 atom stereocenters. The smallest absolute Gasteiger partial charge is 0.192 e. The highest BCUT2D eigenvalue weighted by Crippen LogP contribution is 2.37. The highest BCUT2D eigenvalue weighted by molar-refractivity contribution is 6.74. The number of benzene rings is 1. The molecule has 0 bridgehead atoms. The van der Waals surface area contributed by atoms with Crippen molar-refractivity contribution in [3.8, 4) is 5.75 Å². The standard InChI is InChI=1S/C19H30O3Si/c1-19(2,3)23(5,6)21-14-17-8-7-9-18(22-17)15-10-12-16(20-4)13-11-15/h7-8,10-13,17-18H,9,14H2,1-6H3/t17-,18-/m1/s1. The molecule has 0 radical (unpaired) electrons. The Morgan fingerprint density at radius 1 is 1.17 bits per heavy atom. The number of ether oxygens (including phenoxy) is 2. The number of hydrogen-bond donors (Lipinski definition) is 0. The van der Waals surface area contributed by atoms with E-state index in [2.05, 4.69) is 58.2 Å². The fourth-order valence-corrected chi connectivity index (χ4v) is 3.31. The van der Waals surface area contributed by atoms with E-state index in [0.717, 1.165) is 12.2 Å². The van der Waals surface area contributed by atoms with Gasteiger partial charge in [0.15, 0.2) is 8.32 Å². The van der Waals surface area contributed by atoms with Crippen molar-refractivity contribution in [3.63, 3.8) is 0 Å². The molecule has 3 nitrogen and oxygen atoms in total. The summed E-state index contributed by atoms with van der Waals surface area (Å²) < 4.78 is 17.7. The lowest BCUT2D eigenvalue weighted by Gasteiger charge is -2.37. The van der Waals surface area contributed by atoms with Crippen molar-refractivity contribution >= 4 is 8.32 Å². The van der Waals surface area contributed by atoms with Gasteiger partial charge in [-0.05, 0) is 42.2 Å². The second-order valence-corrected chi connectivity index (χ2v) is 12.5. The van der Waals surface area contributed by atoms with Gasteiger partial charge in [-0.1, -0.05) is 45.1 Å². The zero-order valence-electron chi connectivity index (χ0n) is 15.3. The molecule has 0 aromatic heterocycles. The van der Waals surface area contributed by atoms with E-state index in [1.165, 1.54) is 5.56 Å².